The largest absolute Gasteiger partial charge is 0.370 e. The van der Waals surface area contributed by atoms with Crippen LogP contribution in [0.4, 0.5) is 14.6 Å². The third kappa shape index (κ3) is 2.74. The third-order valence-corrected chi connectivity index (χ3v) is 2.88. The topological polar surface area (TPSA) is 53.6 Å². The normalized spacial score (nSPS) is 10.9. The highest BCUT2D eigenvalue weighted by Gasteiger charge is 2.04. The van der Waals surface area contributed by atoms with Gasteiger partial charge in [-0.2, -0.15) is 4.39 Å². The molecule has 0 fully saturated rings. The van der Waals surface area contributed by atoms with Crippen LogP contribution in [-0.4, -0.2) is 21.5 Å². The maximum absolute atomic E-state index is 13.1. The molecule has 0 saturated heterocycles. The number of hydrogen-bond donors (Lipinski definition) is 2. The van der Waals surface area contributed by atoms with Gasteiger partial charge in [-0.3, -0.25) is 0 Å². The Hall–Kier alpha value is -2.50. The highest BCUT2D eigenvalue weighted by Crippen LogP contribution is 2.13. The fourth-order valence-corrected chi connectivity index (χ4v) is 1.97. The Morgan fingerprint density at radius 2 is 2.00 bits per heavy atom. The lowest BCUT2D eigenvalue weighted by molar-refractivity contribution is 0.585. The van der Waals surface area contributed by atoms with E-state index in [1.165, 1.54) is 18.2 Å². The number of fused-ring (bicyclic) bond motifs is 1. The van der Waals surface area contributed by atoms with Crippen molar-refractivity contribution in [3.05, 3.63) is 54.0 Å². The maximum Gasteiger partial charge on any atom is 0.214 e. The van der Waals surface area contributed by atoms with Crippen LogP contribution in [0.15, 0.2) is 36.4 Å². The molecule has 20 heavy (non-hydrogen) atoms. The minimum absolute atomic E-state index is 0.296. The van der Waals surface area contributed by atoms with Crippen molar-refractivity contribution >= 4 is 16.9 Å². The summed E-state index contributed by atoms with van der Waals surface area (Å²) in [6, 6.07) is 8.99. The van der Waals surface area contributed by atoms with Crippen LogP contribution >= 0.6 is 0 Å². The molecule has 0 radical (unpaired) electrons. The highest BCUT2D eigenvalue weighted by molar-refractivity contribution is 5.74. The van der Waals surface area contributed by atoms with E-state index in [2.05, 4.69) is 20.3 Å². The van der Waals surface area contributed by atoms with Crippen LogP contribution in [-0.2, 0) is 6.42 Å². The lowest BCUT2D eigenvalue weighted by Gasteiger charge is -2.03. The van der Waals surface area contributed by atoms with Crippen LogP contribution in [0.3, 0.4) is 0 Å². The second-order valence-corrected chi connectivity index (χ2v) is 4.37. The molecule has 0 spiro atoms. The molecule has 0 bridgehead atoms. The summed E-state index contributed by atoms with van der Waals surface area (Å²) in [5, 5.41) is 3.00. The Balaban J connectivity index is 1.65. The summed E-state index contributed by atoms with van der Waals surface area (Å²) in [4.78, 5) is 11.1. The van der Waals surface area contributed by atoms with Crippen molar-refractivity contribution < 1.29 is 8.78 Å². The fraction of sp³-hybridized carbons (Fsp3) is 0.143. The molecule has 0 aliphatic carbocycles. The number of benzene rings is 1. The number of imidazole rings is 1. The smallest absolute Gasteiger partial charge is 0.214 e. The summed E-state index contributed by atoms with van der Waals surface area (Å²) in [5.74, 6) is 0.408. The lowest BCUT2D eigenvalue weighted by atomic mass is 10.3. The zero-order chi connectivity index (χ0) is 13.9. The minimum atomic E-state index is -0.519. The molecule has 0 aliphatic rings. The molecule has 102 valence electrons. The van der Waals surface area contributed by atoms with Gasteiger partial charge < -0.3 is 10.3 Å². The van der Waals surface area contributed by atoms with Gasteiger partial charge in [-0.15, -0.1) is 0 Å². The Kier molecular flexibility index (Phi) is 3.28. The second-order valence-electron chi connectivity index (χ2n) is 4.37. The molecule has 0 unspecified atom stereocenters. The SMILES string of the molecule is Fc1ccc2nc(CCNc3cccc(F)n3)[nH]c2c1. The maximum atomic E-state index is 13.1. The van der Waals surface area contributed by atoms with E-state index in [0.29, 0.717) is 24.3 Å². The number of H-pyrrole nitrogens is 1. The van der Waals surface area contributed by atoms with E-state index < -0.39 is 5.95 Å². The standard InChI is InChI=1S/C14H12F2N4/c15-9-4-5-10-11(8-9)19-14(18-10)6-7-17-13-3-1-2-12(16)20-13/h1-5,8H,6-7H2,(H,17,20)(H,18,19). The minimum Gasteiger partial charge on any atom is -0.370 e. The first kappa shape index (κ1) is 12.5. The number of nitrogens with zero attached hydrogens (tertiary/aromatic N) is 2. The van der Waals surface area contributed by atoms with Crippen LogP contribution in [0.2, 0.25) is 0 Å². The molecule has 4 nitrogen and oxygen atoms in total. The molecule has 2 N–H and O–H groups in total. The first-order valence-corrected chi connectivity index (χ1v) is 6.21. The van der Waals surface area contributed by atoms with Crippen LogP contribution in [0.1, 0.15) is 5.82 Å². The van der Waals surface area contributed by atoms with Gasteiger partial charge in [-0.05, 0) is 30.3 Å². The number of nitrogens with one attached hydrogen (secondary N) is 2. The zero-order valence-electron chi connectivity index (χ0n) is 10.5. The number of halogens is 2. The Labute approximate surface area is 113 Å². The average molecular weight is 274 g/mol. The molecule has 2 aromatic heterocycles. The third-order valence-electron chi connectivity index (χ3n) is 2.88. The Morgan fingerprint density at radius 3 is 2.85 bits per heavy atom. The van der Waals surface area contributed by atoms with Crippen molar-refractivity contribution in [1.29, 1.82) is 0 Å². The molecular weight excluding hydrogens is 262 g/mol. The van der Waals surface area contributed by atoms with E-state index in [-0.39, 0.29) is 5.82 Å². The van der Waals surface area contributed by atoms with Gasteiger partial charge in [0, 0.05) is 13.0 Å². The lowest BCUT2D eigenvalue weighted by Crippen LogP contribution is -2.07. The van der Waals surface area contributed by atoms with Crippen molar-refractivity contribution in [1.82, 2.24) is 15.0 Å². The first-order chi connectivity index (χ1) is 9.70. The summed E-state index contributed by atoms with van der Waals surface area (Å²) in [5.41, 5.74) is 1.40. The average Bonchev–Trinajstić information content (AvgIpc) is 2.80. The van der Waals surface area contributed by atoms with Crippen LogP contribution in [0, 0.1) is 11.8 Å². The summed E-state index contributed by atoms with van der Waals surface area (Å²) in [6.07, 6.45) is 0.606. The predicted molar refractivity (Wildman–Crippen MR) is 72.4 cm³/mol. The van der Waals surface area contributed by atoms with E-state index in [1.807, 2.05) is 0 Å². The predicted octanol–water partition coefficient (Wildman–Crippen LogP) is 2.89. The number of pyridine rings is 1. The van der Waals surface area contributed by atoms with Gasteiger partial charge in [0.15, 0.2) is 0 Å². The summed E-state index contributed by atoms with van der Waals surface area (Å²) in [6.45, 7) is 0.554. The molecular formula is C14H12F2N4. The van der Waals surface area contributed by atoms with Gasteiger partial charge in [-0.25, -0.2) is 14.4 Å². The molecule has 0 saturated carbocycles. The molecule has 2 heterocycles. The highest BCUT2D eigenvalue weighted by atomic mass is 19.1. The van der Waals surface area contributed by atoms with E-state index in [0.717, 1.165) is 11.3 Å². The summed E-state index contributed by atoms with van der Waals surface area (Å²) < 4.78 is 25.9. The Bertz CT molecular complexity index is 739. The van der Waals surface area contributed by atoms with Crippen molar-refractivity contribution in [2.45, 2.75) is 6.42 Å². The van der Waals surface area contributed by atoms with Gasteiger partial charge in [-0.1, -0.05) is 6.07 Å². The number of rotatable bonds is 4. The molecule has 1 aromatic carbocycles. The van der Waals surface area contributed by atoms with Gasteiger partial charge in [0.25, 0.3) is 0 Å². The second kappa shape index (κ2) is 5.24. The van der Waals surface area contributed by atoms with Gasteiger partial charge in [0.05, 0.1) is 11.0 Å². The van der Waals surface area contributed by atoms with Crippen molar-refractivity contribution in [3.8, 4) is 0 Å². The number of aromatic amines is 1. The number of aromatic nitrogens is 3. The molecule has 6 heteroatoms. The van der Waals surface area contributed by atoms with Crippen molar-refractivity contribution in [2.75, 3.05) is 11.9 Å². The molecule has 3 aromatic rings. The molecule has 3 rings (SSSR count). The molecule has 0 aliphatic heterocycles. The van der Waals surface area contributed by atoms with Crippen molar-refractivity contribution in [3.63, 3.8) is 0 Å². The van der Waals surface area contributed by atoms with Crippen molar-refractivity contribution in [2.24, 2.45) is 0 Å². The quantitative estimate of drug-likeness (QED) is 0.719. The van der Waals surface area contributed by atoms with E-state index >= 15 is 0 Å². The van der Waals surface area contributed by atoms with E-state index in [9.17, 15) is 8.78 Å². The summed E-state index contributed by atoms with van der Waals surface area (Å²) in [7, 11) is 0. The number of hydrogen-bond acceptors (Lipinski definition) is 3. The number of anilines is 1. The van der Waals surface area contributed by atoms with E-state index in [1.54, 1.807) is 18.2 Å². The molecule has 0 amide bonds. The molecule has 0 atom stereocenters. The van der Waals surface area contributed by atoms with E-state index in [4.69, 9.17) is 0 Å². The van der Waals surface area contributed by atoms with Gasteiger partial charge >= 0.3 is 0 Å². The Morgan fingerprint density at radius 1 is 1.10 bits per heavy atom. The first-order valence-electron chi connectivity index (χ1n) is 6.21. The van der Waals surface area contributed by atoms with Crippen LogP contribution in [0.5, 0.6) is 0 Å². The zero-order valence-corrected chi connectivity index (χ0v) is 10.5. The van der Waals surface area contributed by atoms with Crippen LogP contribution in [0.25, 0.3) is 11.0 Å². The van der Waals surface area contributed by atoms with Gasteiger partial charge in [0.2, 0.25) is 5.95 Å². The fourth-order valence-electron chi connectivity index (χ4n) is 1.97. The van der Waals surface area contributed by atoms with Crippen LogP contribution < -0.4 is 5.32 Å². The summed E-state index contributed by atoms with van der Waals surface area (Å²) >= 11 is 0. The van der Waals surface area contributed by atoms with Gasteiger partial charge in [0.1, 0.15) is 17.5 Å². The monoisotopic (exact) mass is 274 g/mol.